The van der Waals surface area contributed by atoms with E-state index >= 15 is 0 Å². The maximum Gasteiger partial charge on any atom is 0.354 e. The van der Waals surface area contributed by atoms with Crippen molar-refractivity contribution in [1.82, 2.24) is 10.2 Å². The number of aliphatic hydroxyl groups is 1. The zero-order valence-electron chi connectivity index (χ0n) is 22.3. The van der Waals surface area contributed by atoms with Crippen molar-refractivity contribution in [3.05, 3.63) is 65.2 Å². The topological polar surface area (TPSA) is 204 Å². The monoisotopic (exact) mass is 565 g/mol. The number of aliphatic hydroxyl groups excluding tert-OH is 1. The van der Waals surface area contributed by atoms with Crippen LogP contribution >= 0.6 is 0 Å². The number of amidine groups is 1. The lowest BCUT2D eigenvalue weighted by Crippen LogP contribution is -2.50. The van der Waals surface area contributed by atoms with E-state index in [9.17, 15) is 29.4 Å². The van der Waals surface area contributed by atoms with Crippen molar-refractivity contribution in [1.29, 1.82) is 0 Å². The Hall–Kier alpha value is -4.62. The Kier molecular flexibility index (Phi) is 9.10. The molecule has 3 atom stereocenters. The van der Waals surface area contributed by atoms with Gasteiger partial charge in [0.25, 0.3) is 5.91 Å². The molecule has 13 nitrogen and oxygen atoms in total. The van der Waals surface area contributed by atoms with Crippen molar-refractivity contribution in [2.45, 2.75) is 44.6 Å². The predicted octanol–water partition coefficient (Wildman–Crippen LogP) is 1.34. The Morgan fingerprint density at radius 3 is 2.34 bits per heavy atom. The summed E-state index contributed by atoms with van der Waals surface area (Å²) in [6.45, 7) is 2.25. The lowest BCUT2D eigenvalue weighted by molar-refractivity contribution is -0.162. The molecule has 4 rings (SSSR count). The fourth-order valence-corrected chi connectivity index (χ4v) is 4.76. The first kappa shape index (κ1) is 29.4. The molecule has 0 radical (unpaired) electrons. The van der Waals surface area contributed by atoms with Crippen LogP contribution in [0.5, 0.6) is 0 Å². The highest BCUT2D eigenvalue weighted by atomic mass is 16.5. The van der Waals surface area contributed by atoms with Crippen LogP contribution in [0.15, 0.2) is 58.7 Å². The maximum atomic E-state index is 13.0. The molecule has 2 aliphatic rings. The van der Waals surface area contributed by atoms with Crippen LogP contribution in [-0.4, -0.2) is 80.9 Å². The molecule has 2 amide bonds. The Morgan fingerprint density at radius 1 is 1.10 bits per heavy atom. The molecule has 6 N–H and O–H groups in total. The van der Waals surface area contributed by atoms with Gasteiger partial charge in [0.15, 0.2) is 11.6 Å². The Bertz CT molecular complexity index is 1380. The number of nitrogens with zero attached hydrogens (tertiary/aromatic N) is 3. The summed E-state index contributed by atoms with van der Waals surface area (Å²) in [5.74, 6) is -3.36. The van der Waals surface area contributed by atoms with Gasteiger partial charge in [0.2, 0.25) is 12.1 Å². The first-order valence-corrected chi connectivity index (χ1v) is 13.0. The number of aliphatic carboxylic acids is 1. The number of para-hydroxylation sites is 1. The molecule has 2 heterocycles. The van der Waals surface area contributed by atoms with Crippen molar-refractivity contribution in [2.75, 3.05) is 13.1 Å². The number of Topliss-reactive ketones (excluding diaryl/α,β-unsaturated/α-hetero) is 1. The summed E-state index contributed by atoms with van der Waals surface area (Å²) in [5, 5.41) is 34.0. The van der Waals surface area contributed by atoms with E-state index in [1.807, 2.05) is 0 Å². The molecule has 2 aromatic rings. The number of oxime groups is 1. The molecule has 0 aliphatic carbocycles. The lowest BCUT2D eigenvalue weighted by atomic mass is 9.96. The number of ether oxygens (including phenoxy) is 1. The second-order valence-electron chi connectivity index (χ2n) is 9.90. The summed E-state index contributed by atoms with van der Waals surface area (Å²) in [6.07, 6.45) is -2.84. The third kappa shape index (κ3) is 6.76. The smallest absolute Gasteiger partial charge is 0.354 e. The number of rotatable bonds is 10. The first-order chi connectivity index (χ1) is 19.6. The minimum Gasteiger partial charge on any atom is -0.478 e. The predicted molar refractivity (Wildman–Crippen MR) is 146 cm³/mol. The summed E-state index contributed by atoms with van der Waals surface area (Å²) in [4.78, 5) is 55.9. The van der Waals surface area contributed by atoms with E-state index in [0.717, 1.165) is 0 Å². The molecule has 1 saturated heterocycles. The van der Waals surface area contributed by atoms with Crippen LogP contribution < -0.4 is 11.1 Å². The normalized spacial score (nSPS) is 18.7. The molecule has 0 bridgehead atoms. The molecular formula is C28H31N5O8. The molecule has 2 aliphatic heterocycles. The highest BCUT2D eigenvalue weighted by molar-refractivity contribution is 6.42. The van der Waals surface area contributed by atoms with Gasteiger partial charge in [-0.2, -0.15) is 0 Å². The van der Waals surface area contributed by atoms with E-state index < -0.39 is 36.2 Å². The van der Waals surface area contributed by atoms with Crippen LogP contribution in [0.1, 0.15) is 53.8 Å². The molecule has 2 aromatic carbocycles. The Morgan fingerprint density at radius 2 is 1.73 bits per heavy atom. The molecule has 216 valence electrons. The number of carbonyl (C=O) groups is 4. The minimum absolute atomic E-state index is 0.00902. The number of amides is 2. The van der Waals surface area contributed by atoms with Crippen LogP contribution in [0.3, 0.4) is 0 Å². The second-order valence-corrected chi connectivity index (χ2v) is 9.90. The van der Waals surface area contributed by atoms with Gasteiger partial charge in [-0.3, -0.25) is 14.4 Å². The summed E-state index contributed by atoms with van der Waals surface area (Å²) in [7, 11) is 0. The van der Waals surface area contributed by atoms with Crippen molar-refractivity contribution in [3.63, 3.8) is 0 Å². The number of ketones is 1. The van der Waals surface area contributed by atoms with E-state index in [-0.39, 0.29) is 42.7 Å². The van der Waals surface area contributed by atoms with Gasteiger partial charge < -0.3 is 36.1 Å². The molecular weight excluding hydrogens is 534 g/mol. The minimum atomic E-state index is -1.67. The number of fused-ring (bicyclic) bond motifs is 1. The third-order valence-electron chi connectivity index (χ3n) is 7.06. The summed E-state index contributed by atoms with van der Waals surface area (Å²) in [5.41, 5.74) is 7.06. The van der Waals surface area contributed by atoms with E-state index in [1.54, 1.807) is 60.4 Å². The molecule has 2 unspecified atom stereocenters. The van der Waals surface area contributed by atoms with Crippen LogP contribution in [0, 0.1) is 5.92 Å². The number of aliphatic imine (C=N–C) groups is 1. The van der Waals surface area contributed by atoms with E-state index in [0.29, 0.717) is 35.2 Å². The van der Waals surface area contributed by atoms with Gasteiger partial charge in [-0.25, -0.2) is 9.79 Å². The van der Waals surface area contributed by atoms with Gasteiger partial charge in [-0.15, -0.1) is 0 Å². The number of benzene rings is 2. The summed E-state index contributed by atoms with van der Waals surface area (Å²) >= 11 is 0. The summed E-state index contributed by atoms with van der Waals surface area (Å²) in [6, 6.07) is 12.9. The quantitative estimate of drug-likeness (QED) is 0.0703. The zero-order chi connectivity index (χ0) is 29.7. The van der Waals surface area contributed by atoms with E-state index in [1.165, 1.54) is 0 Å². The molecule has 41 heavy (non-hydrogen) atoms. The standard InChI is InChI=1S/C28H31N5O8/c1-15(14-21(34)16-6-8-17(9-7-16)24(29)32-40)27(37)33-12-10-18(11-13-33)41-26(28(38)39)31-25(36)22-23(35)19-4-2-3-5-20(19)30-22/h2-9,15,18,23,26,35,40H,10-14H2,1H3,(H2,29,32)(H,31,36)(H,38,39)/t15?,23?,26-/m0/s1. The number of carboxylic acids is 1. The average Bonchev–Trinajstić information content (AvgIpc) is 3.32. The largest absolute Gasteiger partial charge is 0.478 e. The van der Waals surface area contributed by atoms with Crippen LogP contribution in [0.25, 0.3) is 0 Å². The first-order valence-electron chi connectivity index (χ1n) is 13.0. The number of nitrogens with two attached hydrogens (primary N) is 1. The van der Waals surface area contributed by atoms with Crippen LogP contribution in [0.2, 0.25) is 0 Å². The highest BCUT2D eigenvalue weighted by Gasteiger charge is 2.35. The van der Waals surface area contributed by atoms with Gasteiger partial charge in [0.05, 0.1) is 11.8 Å². The SMILES string of the molecule is CC(CC(=O)c1ccc(/C(N)=N/O)cc1)C(=O)N1CCC(O[C@H](NC(=O)C2=Nc3ccccc3C2O)C(=O)O)CC1. The van der Waals surface area contributed by atoms with Crippen molar-refractivity contribution in [2.24, 2.45) is 21.8 Å². The molecule has 0 saturated carbocycles. The molecule has 1 fully saturated rings. The number of likely N-dealkylation sites (tertiary alicyclic amines) is 1. The average molecular weight is 566 g/mol. The van der Waals surface area contributed by atoms with Crippen molar-refractivity contribution in [3.8, 4) is 0 Å². The van der Waals surface area contributed by atoms with Gasteiger partial charge in [-0.1, -0.05) is 54.5 Å². The van der Waals surface area contributed by atoms with E-state index in [4.69, 9.17) is 15.7 Å². The number of piperidine rings is 1. The Balaban J connectivity index is 1.27. The van der Waals surface area contributed by atoms with E-state index in [2.05, 4.69) is 15.5 Å². The fourth-order valence-electron chi connectivity index (χ4n) is 4.76. The van der Waals surface area contributed by atoms with Crippen molar-refractivity contribution >= 4 is 40.8 Å². The third-order valence-corrected chi connectivity index (χ3v) is 7.06. The maximum absolute atomic E-state index is 13.0. The van der Waals surface area contributed by atoms with Gasteiger partial charge in [0, 0.05) is 42.1 Å². The van der Waals surface area contributed by atoms with Crippen molar-refractivity contribution < 1.29 is 39.3 Å². The number of hydrogen-bond donors (Lipinski definition) is 5. The fraction of sp³-hybridized carbons (Fsp3) is 0.357. The number of carbonyl (C=O) groups excluding carboxylic acids is 3. The summed E-state index contributed by atoms with van der Waals surface area (Å²) < 4.78 is 5.65. The second kappa shape index (κ2) is 12.7. The lowest BCUT2D eigenvalue weighted by Gasteiger charge is -2.34. The Labute approximate surface area is 235 Å². The van der Waals surface area contributed by atoms with Gasteiger partial charge in [0.1, 0.15) is 11.8 Å². The highest BCUT2D eigenvalue weighted by Crippen LogP contribution is 2.33. The molecule has 13 heteroatoms. The van der Waals surface area contributed by atoms with Crippen LogP contribution in [0.4, 0.5) is 5.69 Å². The van der Waals surface area contributed by atoms with Crippen LogP contribution in [-0.2, 0) is 19.1 Å². The number of nitrogens with one attached hydrogen (secondary N) is 1. The number of hydrogen-bond acceptors (Lipinski definition) is 9. The zero-order valence-corrected chi connectivity index (χ0v) is 22.3. The van der Waals surface area contributed by atoms with Gasteiger partial charge >= 0.3 is 5.97 Å². The number of carboxylic acid groups (broad SMARTS) is 1. The molecule has 0 aromatic heterocycles. The molecule has 0 spiro atoms. The van der Waals surface area contributed by atoms with Gasteiger partial charge in [-0.05, 0) is 18.9 Å².